The number of Topliss-reactive ketones (excluding diaryl/α,β-unsaturated/α-hetero) is 2. The Morgan fingerprint density at radius 1 is 1.04 bits per heavy atom. The minimum atomic E-state index is -1.60. The van der Waals surface area contributed by atoms with Crippen LogP contribution in [0.5, 0.6) is 0 Å². The maximum absolute atomic E-state index is 11.9. The molecule has 0 atom stereocenters. The number of rotatable bonds is 7. The fraction of sp³-hybridized carbons (Fsp3) is 0.118. The summed E-state index contributed by atoms with van der Waals surface area (Å²) in [5.41, 5.74) is 2.02. The van der Waals surface area contributed by atoms with Crippen molar-refractivity contribution in [1.82, 2.24) is 0 Å². The van der Waals surface area contributed by atoms with Gasteiger partial charge in [-0.15, -0.1) is 0 Å². The fourth-order valence-electron chi connectivity index (χ4n) is 1.93. The van der Waals surface area contributed by atoms with E-state index >= 15 is 0 Å². The zero-order valence-electron chi connectivity index (χ0n) is 12.1. The third-order valence-electron chi connectivity index (χ3n) is 3.15. The standard InChI is InChI=1S/C17H14ClNO4/c18-13-6-4-11(5-7-13)10-19-14-3-1-2-12(8-14)15(20)9-16(21)17(22)23/h1-8,19H,9-10H2,(H,22,23). The second-order valence-corrected chi connectivity index (χ2v) is 5.33. The van der Waals surface area contributed by atoms with Gasteiger partial charge in [-0.05, 0) is 29.8 Å². The number of carbonyl (C=O) groups is 3. The first kappa shape index (κ1) is 16.7. The van der Waals surface area contributed by atoms with E-state index in [1.54, 1.807) is 36.4 Å². The lowest BCUT2D eigenvalue weighted by Gasteiger charge is -2.08. The number of carboxylic acid groups (broad SMARTS) is 1. The van der Waals surface area contributed by atoms with Crippen molar-refractivity contribution < 1.29 is 19.5 Å². The van der Waals surface area contributed by atoms with E-state index in [0.29, 0.717) is 22.8 Å². The lowest BCUT2D eigenvalue weighted by Crippen LogP contribution is -2.17. The van der Waals surface area contributed by atoms with Crippen molar-refractivity contribution >= 4 is 34.8 Å². The molecule has 0 aromatic heterocycles. The average Bonchev–Trinajstić information content (AvgIpc) is 2.54. The third-order valence-corrected chi connectivity index (χ3v) is 3.41. The van der Waals surface area contributed by atoms with Gasteiger partial charge in [0, 0.05) is 22.8 Å². The molecule has 2 rings (SSSR count). The van der Waals surface area contributed by atoms with Gasteiger partial charge in [-0.1, -0.05) is 35.9 Å². The van der Waals surface area contributed by atoms with Gasteiger partial charge in [-0.25, -0.2) is 4.79 Å². The van der Waals surface area contributed by atoms with Gasteiger partial charge in [0.2, 0.25) is 5.78 Å². The largest absolute Gasteiger partial charge is 0.475 e. The van der Waals surface area contributed by atoms with Crippen molar-refractivity contribution in [2.45, 2.75) is 13.0 Å². The fourth-order valence-corrected chi connectivity index (χ4v) is 2.06. The van der Waals surface area contributed by atoms with Gasteiger partial charge >= 0.3 is 5.97 Å². The summed E-state index contributed by atoms with van der Waals surface area (Å²) >= 11 is 5.82. The highest BCUT2D eigenvalue weighted by Crippen LogP contribution is 2.15. The molecular weight excluding hydrogens is 318 g/mol. The molecule has 2 N–H and O–H groups in total. The van der Waals surface area contributed by atoms with Gasteiger partial charge in [0.1, 0.15) is 0 Å². The highest BCUT2D eigenvalue weighted by Gasteiger charge is 2.17. The monoisotopic (exact) mass is 331 g/mol. The molecule has 0 unspecified atom stereocenters. The maximum Gasteiger partial charge on any atom is 0.372 e. The Bertz CT molecular complexity index is 741. The Balaban J connectivity index is 2.01. The summed E-state index contributed by atoms with van der Waals surface area (Å²) in [5, 5.41) is 12.4. The van der Waals surface area contributed by atoms with Crippen molar-refractivity contribution in [3.63, 3.8) is 0 Å². The van der Waals surface area contributed by atoms with Crippen LogP contribution in [0.3, 0.4) is 0 Å². The van der Waals surface area contributed by atoms with Gasteiger partial charge in [-0.3, -0.25) is 9.59 Å². The molecule has 0 saturated carbocycles. The predicted molar refractivity (Wildman–Crippen MR) is 86.8 cm³/mol. The third kappa shape index (κ3) is 4.93. The molecular formula is C17H14ClNO4. The van der Waals surface area contributed by atoms with Crippen molar-refractivity contribution in [3.8, 4) is 0 Å². The van der Waals surface area contributed by atoms with Crippen LogP contribution in [0.25, 0.3) is 0 Å². The molecule has 2 aromatic rings. The molecule has 0 spiro atoms. The molecule has 0 heterocycles. The summed E-state index contributed by atoms with van der Waals surface area (Å²) in [4.78, 5) is 33.5. The van der Waals surface area contributed by atoms with Crippen molar-refractivity contribution in [1.29, 1.82) is 0 Å². The Hall–Kier alpha value is -2.66. The lowest BCUT2D eigenvalue weighted by atomic mass is 10.1. The molecule has 2 aromatic carbocycles. The van der Waals surface area contributed by atoms with Crippen LogP contribution < -0.4 is 5.32 Å². The number of hydrogen-bond acceptors (Lipinski definition) is 4. The molecule has 0 amide bonds. The summed E-state index contributed by atoms with van der Waals surface area (Å²) in [7, 11) is 0. The molecule has 0 aliphatic heterocycles. The summed E-state index contributed by atoms with van der Waals surface area (Å²) in [5.74, 6) is -3.24. The first-order valence-electron chi connectivity index (χ1n) is 6.83. The summed E-state index contributed by atoms with van der Waals surface area (Å²) < 4.78 is 0. The van der Waals surface area contributed by atoms with Gasteiger partial charge in [0.05, 0.1) is 6.42 Å². The number of benzene rings is 2. The maximum atomic E-state index is 11.9. The van der Waals surface area contributed by atoms with Crippen LogP contribution in [0, 0.1) is 0 Å². The van der Waals surface area contributed by atoms with Crippen LogP contribution in [0.1, 0.15) is 22.3 Å². The van der Waals surface area contributed by atoms with Crippen LogP contribution in [-0.4, -0.2) is 22.6 Å². The smallest absolute Gasteiger partial charge is 0.372 e. The first-order valence-corrected chi connectivity index (χ1v) is 7.21. The second-order valence-electron chi connectivity index (χ2n) is 4.89. The Morgan fingerprint density at radius 3 is 2.39 bits per heavy atom. The zero-order chi connectivity index (χ0) is 16.8. The minimum Gasteiger partial charge on any atom is -0.475 e. The van der Waals surface area contributed by atoms with Crippen LogP contribution in [0.4, 0.5) is 5.69 Å². The number of carbonyl (C=O) groups excluding carboxylic acids is 2. The second kappa shape index (κ2) is 7.56. The van der Waals surface area contributed by atoms with E-state index < -0.39 is 24.0 Å². The first-order chi connectivity index (χ1) is 11.0. The molecule has 0 aliphatic carbocycles. The number of halogens is 1. The molecule has 0 saturated heterocycles. The van der Waals surface area contributed by atoms with Crippen LogP contribution in [-0.2, 0) is 16.1 Å². The molecule has 0 radical (unpaired) electrons. The number of carboxylic acids is 1. The quantitative estimate of drug-likeness (QED) is 0.462. The zero-order valence-corrected chi connectivity index (χ0v) is 12.8. The van der Waals surface area contributed by atoms with E-state index in [1.807, 2.05) is 12.1 Å². The normalized spacial score (nSPS) is 10.1. The SMILES string of the molecule is O=C(O)C(=O)CC(=O)c1cccc(NCc2ccc(Cl)cc2)c1. The molecule has 0 aliphatic rings. The van der Waals surface area contributed by atoms with Gasteiger partial charge in [0.15, 0.2) is 5.78 Å². The molecule has 118 valence electrons. The minimum absolute atomic E-state index is 0.292. The van der Waals surface area contributed by atoms with Crippen LogP contribution in [0.2, 0.25) is 5.02 Å². The highest BCUT2D eigenvalue weighted by atomic mass is 35.5. The van der Waals surface area contributed by atoms with Crippen molar-refractivity contribution in [3.05, 3.63) is 64.7 Å². The average molecular weight is 332 g/mol. The summed E-state index contributed by atoms with van der Waals surface area (Å²) in [6.45, 7) is 0.545. The number of ketones is 2. The Kier molecular flexibility index (Phi) is 5.49. The molecule has 0 fully saturated rings. The lowest BCUT2D eigenvalue weighted by molar-refractivity contribution is -0.148. The highest BCUT2D eigenvalue weighted by molar-refractivity contribution is 6.37. The van der Waals surface area contributed by atoms with E-state index in [0.717, 1.165) is 5.56 Å². The molecule has 23 heavy (non-hydrogen) atoms. The number of hydrogen-bond donors (Lipinski definition) is 2. The number of anilines is 1. The van der Waals surface area contributed by atoms with Crippen LogP contribution in [0.15, 0.2) is 48.5 Å². The Morgan fingerprint density at radius 2 is 1.74 bits per heavy atom. The van der Waals surface area contributed by atoms with Crippen molar-refractivity contribution in [2.24, 2.45) is 0 Å². The van der Waals surface area contributed by atoms with Gasteiger partial charge in [-0.2, -0.15) is 0 Å². The Labute approximate surface area is 137 Å². The van der Waals surface area contributed by atoms with Crippen LogP contribution >= 0.6 is 11.6 Å². The molecule has 6 heteroatoms. The molecule has 5 nitrogen and oxygen atoms in total. The number of aliphatic carboxylic acids is 1. The van der Waals surface area contributed by atoms with E-state index in [1.165, 1.54) is 0 Å². The topological polar surface area (TPSA) is 83.5 Å². The predicted octanol–water partition coefficient (Wildman–Crippen LogP) is 3.18. The summed E-state index contributed by atoms with van der Waals surface area (Å²) in [6.07, 6.45) is -0.643. The van der Waals surface area contributed by atoms with Gasteiger partial charge in [0.25, 0.3) is 0 Å². The van der Waals surface area contributed by atoms with E-state index in [4.69, 9.17) is 16.7 Å². The van der Waals surface area contributed by atoms with E-state index in [-0.39, 0.29) is 0 Å². The number of nitrogens with one attached hydrogen (secondary N) is 1. The molecule has 0 bridgehead atoms. The van der Waals surface area contributed by atoms with Crippen molar-refractivity contribution in [2.75, 3.05) is 5.32 Å². The van der Waals surface area contributed by atoms with E-state index in [9.17, 15) is 14.4 Å². The summed E-state index contributed by atoms with van der Waals surface area (Å²) in [6, 6.07) is 13.9. The van der Waals surface area contributed by atoms with E-state index in [2.05, 4.69) is 5.32 Å². The van der Waals surface area contributed by atoms with Gasteiger partial charge < -0.3 is 10.4 Å².